The molecule has 0 bridgehead atoms. The Morgan fingerprint density at radius 1 is 1.28 bits per heavy atom. The molecule has 0 saturated carbocycles. The molecule has 160 valence electrons. The van der Waals surface area contributed by atoms with E-state index in [1.807, 2.05) is 34.9 Å². The quantitative estimate of drug-likeness (QED) is 0.452. The van der Waals surface area contributed by atoms with Gasteiger partial charge in [0.05, 0.1) is 12.2 Å². The van der Waals surface area contributed by atoms with Crippen LogP contribution in [0.5, 0.6) is 0 Å². The summed E-state index contributed by atoms with van der Waals surface area (Å²) in [6.07, 6.45) is 5.90. The Balaban J connectivity index is 1.79. The number of aromatic nitrogens is 1. The average Bonchev–Trinajstić information content (AvgIpc) is 2.92. The van der Waals surface area contributed by atoms with Crippen molar-refractivity contribution in [3.8, 4) is 0 Å². The van der Waals surface area contributed by atoms with Gasteiger partial charge in [0.25, 0.3) is 5.91 Å². The summed E-state index contributed by atoms with van der Waals surface area (Å²) in [4.78, 5) is 36.7. The van der Waals surface area contributed by atoms with Crippen LogP contribution in [-0.2, 0) is 16.1 Å². The summed E-state index contributed by atoms with van der Waals surface area (Å²) in [7, 11) is 1.66. The maximum Gasteiger partial charge on any atom is 0.328 e. The summed E-state index contributed by atoms with van der Waals surface area (Å²) in [5.74, 6) is 1.01. The third-order valence-electron chi connectivity index (χ3n) is 6.05. The van der Waals surface area contributed by atoms with Gasteiger partial charge in [-0.3, -0.25) is 19.6 Å². The molecule has 0 aromatic carbocycles. The second-order valence-corrected chi connectivity index (χ2v) is 8.78. The van der Waals surface area contributed by atoms with E-state index in [-0.39, 0.29) is 18.5 Å². The van der Waals surface area contributed by atoms with Crippen molar-refractivity contribution in [2.24, 2.45) is 0 Å². The number of thioether (sulfide) groups is 1. The smallest absolute Gasteiger partial charge is 0.328 e. The first-order chi connectivity index (χ1) is 14.0. The van der Waals surface area contributed by atoms with E-state index >= 15 is 0 Å². The summed E-state index contributed by atoms with van der Waals surface area (Å²) in [5, 5.41) is 0. The molecular weight excluding hydrogens is 388 g/mol. The van der Waals surface area contributed by atoms with Crippen LogP contribution in [0.4, 0.5) is 4.79 Å². The summed E-state index contributed by atoms with van der Waals surface area (Å²) in [6.45, 7) is 5.24. The Bertz CT molecular complexity index is 694. The Hall–Kier alpha value is -1.64. The van der Waals surface area contributed by atoms with Crippen molar-refractivity contribution >= 4 is 23.7 Å². The first-order valence-corrected chi connectivity index (χ1v) is 11.7. The molecule has 29 heavy (non-hydrogen) atoms. The molecule has 1 spiro atoms. The highest BCUT2D eigenvalue weighted by atomic mass is 32.2. The molecule has 8 heteroatoms. The maximum atomic E-state index is 13.5. The minimum Gasteiger partial charge on any atom is -0.385 e. The number of nitrogens with zero attached hydrogens (tertiary/aromatic N) is 4. The van der Waals surface area contributed by atoms with Gasteiger partial charge in [0.1, 0.15) is 5.54 Å². The third-order valence-corrected chi connectivity index (χ3v) is 6.87. The Morgan fingerprint density at radius 2 is 2.03 bits per heavy atom. The lowest BCUT2D eigenvalue weighted by Gasteiger charge is -2.44. The minimum absolute atomic E-state index is 0.0669. The molecule has 2 aliphatic rings. The van der Waals surface area contributed by atoms with Crippen LogP contribution >= 0.6 is 11.8 Å². The molecule has 3 amide bonds. The van der Waals surface area contributed by atoms with E-state index in [0.717, 1.165) is 31.0 Å². The fourth-order valence-electron chi connectivity index (χ4n) is 4.42. The van der Waals surface area contributed by atoms with E-state index in [1.54, 1.807) is 13.3 Å². The first-order valence-electron chi connectivity index (χ1n) is 10.3. The van der Waals surface area contributed by atoms with Crippen LogP contribution in [0.3, 0.4) is 0 Å². The van der Waals surface area contributed by atoms with Crippen LogP contribution in [0.2, 0.25) is 0 Å². The lowest BCUT2D eigenvalue weighted by Crippen LogP contribution is -2.58. The molecule has 1 atom stereocenters. The monoisotopic (exact) mass is 420 g/mol. The van der Waals surface area contributed by atoms with Crippen LogP contribution < -0.4 is 0 Å². The highest BCUT2D eigenvalue weighted by Crippen LogP contribution is 2.38. The molecule has 1 aromatic rings. The standard InChI is InChI=1S/C21H32N4O3S/c1-17(16-29-3)23-12-8-21(9-13-23)19(26)24(15-18-7-4-5-10-22-18)20(27)25(21)11-6-14-28-2/h4-5,7,10,17H,6,8-9,11-16H2,1-3H3/t17-/m0/s1. The molecule has 2 saturated heterocycles. The van der Waals surface area contributed by atoms with Crippen molar-refractivity contribution in [3.63, 3.8) is 0 Å². The van der Waals surface area contributed by atoms with Crippen molar-refractivity contribution in [1.82, 2.24) is 19.7 Å². The summed E-state index contributed by atoms with van der Waals surface area (Å²) in [5.41, 5.74) is 0.00367. The Labute approximate surface area is 177 Å². The second-order valence-electron chi connectivity index (χ2n) is 7.86. The van der Waals surface area contributed by atoms with Crippen molar-refractivity contribution < 1.29 is 14.3 Å². The molecule has 7 nitrogen and oxygen atoms in total. The van der Waals surface area contributed by atoms with E-state index < -0.39 is 5.54 Å². The van der Waals surface area contributed by atoms with E-state index in [0.29, 0.717) is 32.0 Å². The molecule has 0 unspecified atom stereocenters. The highest BCUT2D eigenvalue weighted by molar-refractivity contribution is 7.98. The van der Waals surface area contributed by atoms with Gasteiger partial charge in [-0.15, -0.1) is 0 Å². The molecule has 0 N–H and O–H groups in total. The number of likely N-dealkylation sites (tertiary alicyclic amines) is 1. The van der Waals surface area contributed by atoms with Crippen molar-refractivity contribution in [2.45, 2.75) is 44.3 Å². The Morgan fingerprint density at radius 3 is 2.66 bits per heavy atom. The number of methoxy groups -OCH3 is 1. The molecule has 2 fully saturated rings. The number of hydrogen-bond donors (Lipinski definition) is 0. The summed E-state index contributed by atoms with van der Waals surface area (Å²) < 4.78 is 5.18. The molecule has 0 radical (unpaired) electrons. The zero-order chi connectivity index (χ0) is 20.9. The Kier molecular flexibility index (Phi) is 7.54. The lowest BCUT2D eigenvalue weighted by molar-refractivity contribution is -0.136. The number of imide groups is 1. The number of carbonyl (C=O) groups is 2. The van der Waals surface area contributed by atoms with Crippen molar-refractivity contribution in [2.75, 3.05) is 45.4 Å². The van der Waals surface area contributed by atoms with Gasteiger partial charge in [0.2, 0.25) is 0 Å². The molecule has 1 aromatic heterocycles. The molecule has 3 heterocycles. The van der Waals surface area contributed by atoms with Crippen molar-refractivity contribution in [1.29, 1.82) is 0 Å². The van der Waals surface area contributed by atoms with Crippen LogP contribution in [0.15, 0.2) is 24.4 Å². The maximum absolute atomic E-state index is 13.5. The number of ether oxygens (including phenoxy) is 1. The first kappa shape index (κ1) is 22.1. The lowest BCUT2D eigenvalue weighted by atomic mass is 9.85. The minimum atomic E-state index is -0.727. The van der Waals surface area contributed by atoms with Gasteiger partial charge in [0.15, 0.2) is 0 Å². The van der Waals surface area contributed by atoms with Crippen LogP contribution in [0.1, 0.15) is 31.9 Å². The van der Waals surface area contributed by atoms with Gasteiger partial charge in [0, 0.05) is 51.3 Å². The normalized spacial score (nSPS) is 20.7. The number of hydrogen-bond acceptors (Lipinski definition) is 6. The van der Waals surface area contributed by atoms with Gasteiger partial charge in [-0.25, -0.2) is 4.79 Å². The van der Waals surface area contributed by atoms with E-state index in [2.05, 4.69) is 23.1 Å². The highest BCUT2D eigenvalue weighted by Gasteiger charge is 2.57. The van der Waals surface area contributed by atoms with E-state index in [1.165, 1.54) is 4.90 Å². The van der Waals surface area contributed by atoms with Gasteiger partial charge in [-0.2, -0.15) is 11.8 Å². The molecule has 2 aliphatic heterocycles. The number of rotatable bonds is 9. The van der Waals surface area contributed by atoms with Gasteiger partial charge >= 0.3 is 6.03 Å². The zero-order valence-corrected chi connectivity index (χ0v) is 18.5. The summed E-state index contributed by atoms with van der Waals surface area (Å²) >= 11 is 1.84. The van der Waals surface area contributed by atoms with Gasteiger partial charge in [-0.1, -0.05) is 6.07 Å². The molecule has 3 rings (SSSR count). The SMILES string of the molecule is COCCCN1C(=O)N(Cc2ccccn2)C(=O)C12CCN([C@@H](C)CSC)CC2. The van der Waals surface area contributed by atoms with Crippen molar-refractivity contribution in [3.05, 3.63) is 30.1 Å². The topological polar surface area (TPSA) is 66.0 Å². The van der Waals surface area contributed by atoms with Crippen LogP contribution in [0, 0.1) is 0 Å². The summed E-state index contributed by atoms with van der Waals surface area (Å²) in [6, 6.07) is 5.85. The van der Waals surface area contributed by atoms with E-state index in [9.17, 15) is 9.59 Å². The average molecular weight is 421 g/mol. The fourth-order valence-corrected chi connectivity index (χ4v) is 5.11. The van der Waals surface area contributed by atoms with E-state index in [4.69, 9.17) is 4.74 Å². The predicted octanol–water partition coefficient (Wildman–Crippen LogP) is 2.47. The third kappa shape index (κ3) is 4.59. The van der Waals surface area contributed by atoms with Crippen LogP contribution in [0.25, 0.3) is 0 Å². The van der Waals surface area contributed by atoms with Gasteiger partial charge < -0.3 is 9.64 Å². The van der Waals surface area contributed by atoms with Crippen LogP contribution in [-0.4, -0.2) is 88.6 Å². The zero-order valence-electron chi connectivity index (χ0n) is 17.7. The predicted molar refractivity (Wildman–Crippen MR) is 115 cm³/mol. The molecular formula is C21H32N4O3S. The number of amides is 3. The number of carbonyl (C=O) groups excluding carboxylic acids is 2. The number of pyridine rings is 1. The van der Waals surface area contributed by atoms with Gasteiger partial charge in [-0.05, 0) is 44.6 Å². The largest absolute Gasteiger partial charge is 0.385 e. The number of urea groups is 1. The number of piperidine rings is 1. The molecule has 0 aliphatic carbocycles. The fraction of sp³-hybridized carbons (Fsp3) is 0.667. The second kappa shape index (κ2) is 9.91.